The van der Waals surface area contributed by atoms with E-state index in [-0.39, 0.29) is 5.82 Å². The van der Waals surface area contributed by atoms with E-state index in [1.54, 1.807) is 12.1 Å². The van der Waals surface area contributed by atoms with Crippen LogP contribution in [0.3, 0.4) is 0 Å². The molecule has 3 saturated heterocycles. The average Bonchev–Trinajstić information content (AvgIpc) is 3.33. The van der Waals surface area contributed by atoms with Crippen LogP contribution < -0.4 is 14.7 Å². The molecule has 0 radical (unpaired) electrons. The molecule has 0 aliphatic carbocycles. The van der Waals surface area contributed by atoms with Crippen LogP contribution in [-0.2, 0) is 0 Å². The Kier molecular flexibility index (Phi) is 8.10. The minimum absolute atomic E-state index is 0.144. The minimum atomic E-state index is -0.144. The predicted octanol–water partition coefficient (Wildman–Crippen LogP) is 7.05. The first-order valence-electron chi connectivity index (χ1n) is 14.2. The number of piperidine rings is 2. The van der Waals surface area contributed by atoms with E-state index in [9.17, 15) is 4.39 Å². The first-order valence-corrected chi connectivity index (χ1v) is 14.2. The van der Waals surface area contributed by atoms with Gasteiger partial charge in [0.05, 0.1) is 12.1 Å². The third kappa shape index (κ3) is 5.76. The average molecular weight is 479 g/mol. The van der Waals surface area contributed by atoms with Crippen LogP contribution in [0.5, 0.6) is 0 Å². The van der Waals surface area contributed by atoms with Gasteiger partial charge in [-0.15, -0.1) is 0 Å². The molecule has 0 unspecified atom stereocenters. The van der Waals surface area contributed by atoms with E-state index in [4.69, 9.17) is 4.98 Å². The van der Waals surface area contributed by atoms with Gasteiger partial charge >= 0.3 is 0 Å². The van der Waals surface area contributed by atoms with Gasteiger partial charge in [-0.2, -0.15) is 0 Å². The van der Waals surface area contributed by atoms with Gasteiger partial charge in [-0.3, -0.25) is 0 Å². The summed E-state index contributed by atoms with van der Waals surface area (Å²) in [4.78, 5) is 12.4. The molecule has 0 amide bonds. The Balaban J connectivity index is 1.23. The van der Waals surface area contributed by atoms with Crippen molar-refractivity contribution in [3.8, 4) is 0 Å². The molecule has 3 aliphatic rings. The van der Waals surface area contributed by atoms with Gasteiger partial charge in [-0.05, 0) is 68.7 Å². The molecule has 35 heavy (non-hydrogen) atoms. The van der Waals surface area contributed by atoms with E-state index in [0.717, 1.165) is 49.9 Å². The van der Waals surface area contributed by atoms with Crippen molar-refractivity contribution in [1.29, 1.82) is 0 Å². The zero-order chi connectivity index (χ0) is 24.0. The number of nitrogens with zero attached hydrogens (tertiary/aromatic N) is 4. The third-order valence-electron chi connectivity index (χ3n) is 8.57. The molecular formula is C30H43FN4. The number of anilines is 3. The normalized spacial score (nSPS) is 24.6. The summed E-state index contributed by atoms with van der Waals surface area (Å²) in [6.07, 6.45) is 16.4. The second kappa shape index (κ2) is 11.6. The summed E-state index contributed by atoms with van der Waals surface area (Å²) in [6.45, 7) is 6.68. The quantitative estimate of drug-likeness (QED) is 0.360. The van der Waals surface area contributed by atoms with Gasteiger partial charge in [-0.25, -0.2) is 9.37 Å². The van der Waals surface area contributed by atoms with Crippen LogP contribution in [0.1, 0.15) is 77.6 Å². The van der Waals surface area contributed by atoms with Crippen molar-refractivity contribution < 1.29 is 4.39 Å². The molecular weight excluding hydrogens is 435 g/mol. The maximum absolute atomic E-state index is 13.9. The van der Waals surface area contributed by atoms with Gasteiger partial charge in [0.2, 0.25) is 0 Å². The van der Waals surface area contributed by atoms with Crippen molar-refractivity contribution in [1.82, 2.24) is 4.98 Å². The van der Waals surface area contributed by atoms with Crippen molar-refractivity contribution >= 4 is 17.2 Å². The lowest BCUT2D eigenvalue weighted by atomic mass is 9.92. The van der Waals surface area contributed by atoms with E-state index in [2.05, 4.69) is 39.8 Å². The number of unbranched alkanes of at least 4 members (excludes halogenated alkanes) is 4. The number of hydrogen-bond donors (Lipinski definition) is 0. The highest BCUT2D eigenvalue weighted by atomic mass is 19.1. The minimum Gasteiger partial charge on any atom is -0.371 e. The first-order chi connectivity index (χ1) is 17.2. The van der Waals surface area contributed by atoms with Crippen molar-refractivity contribution in [3.63, 3.8) is 0 Å². The molecule has 5 rings (SSSR count). The molecule has 1 aromatic heterocycles. The molecule has 2 aromatic rings. The Bertz CT molecular complexity index is 949. The van der Waals surface area contributed by atoms with Gasteiger partial charge in [0.25, 0.3) is 0 Å². The molecule has 3 atom stereocenters. The Morgan fingerprint density at radius 1 is 0.857 bits per heavy atom. The van der Waals surface area contributed by atoms with Gasteiger partial charge in [0.1, 0.15) is 11.6 Å². The van der Waals surface area contributed by atoms with Crippen LogP contribution in [0.15, 0.2) is 42.6 Å². The van der Waals surface area contributed by atoms with Gasteiger partial charge in [-0.1, -0.05) is 45.1 Å². The maximum atomic E-state index is 13.9. The summed E-state index contributed by atoms with van der Waals surface area (Å²) in [6, 6.07) is 12.6. The fraction of sp³-hybridized carbons (Fsp3) is 0.633. The lowest BCUT2D eigenvalue weighted by molar-refractivity contribution is 0.375. The van der Waals surface area contributed by atoms with Crippen LogP contribution in [0, 0.1) is 11.7 Å². The summed E-state index contributed by atoms with van der Waals surface area (Å²) in [5.74, 6) is 1.81. The third-order valence-corrected chi connectivity index (χ3v) is 8.57. The molecule has 4 heterocycles. The van der Waals surface area contributed by atoms with Gasteiger partial charge < -0.3 is 14.7 Å². The topological polar surface area (TPSA) is 22.6 Å². The van der Waals surface area contributed by atoms with Gasteiger partial charge in [0.15, 0.2) is 0 Å². The number of rotatable bonds is 9. The maximum Gasteiger partial charge on any atom is 0.130 e. The molecule has 0 saturated carbocycles. The molecule has 3 fully saturated rings. The largest absolute Gasteiger partial charge is 0.371 e. The number of halogens is 1. The lowest BCUT2D eigenvalue weighted by Gasteiger charge is -2.42. The fourth-order valence-electron chi connectivity index (χ4n) is 6.78. The Hall–Kier alpha value is -2.30. The number of pyridine rings is 1. The van der Waals surface area contributed by atoms with Crippen LogP contribution in [0.4, 0.5) is 21.6 Å². The Labute approximate surface area is 211 Å². The second-order valence-electron chi connectivity index (χ2n) is 11.0. The summed E-state index contributed by atoms with van der Waals surface area (Å²) >= 11 is 0. The highest BCUT2D eigenvalue weighted by Crippen LogP contribution is 2.37. The summed E-state index contributed by atoms with van der Waals surface area (Å²) in [7, 11) is 0. The first kappa shape index (κ1) is 24.4. The van der Waals surface area contributed by atoms with Gasteiger partial charge in [0, 0.05) is 49.8 Å². The number of aromatic nitrogens is 1. The smallest absolute Gasteiger partial charge is 0.130 e. The van der Waals surface area contributed by atoms with Crippen molar-refractivity contribution in [2.24, 2.45) is 5.92 Å². The van der Waals surface area contributed by atoms with Crippen LogP contribution >= 0.6 is 0 Å². The fourth-order valence-corrected chi connectivity index (χ4v) is 6.78. The van der Waals surface area contributed by atoms with Crippen LogP contribution in [0.25, 0.3) is 0 Å². The molecule has 0 spiro atoms. The number of hydrogen-bond acceptors (Lipinski definition) is 4. The highest BCUT2D eigenvalue weighted by Gasteiger charge is 2.41. The van der Waals surface area contributed by atoms with E-state index in [1.165, 1.54) is 70.0 Å². The summed E-state index contributed by atoms with van der Waals surface area (Å²) in [5.41, 5.74) is 2.37. The van der Waals surface area contributed by atoms with Crippen LogP contribution in [0.2, 0.25) is 0 Å². The Morgan fingerprint density at radius 2 is 1.71 bits per heavy atom. The van der Waals surface area contributed by atoms with Crippen molar-refractivity contribution in [2.75, 3.05) is 40.9 Å². The van der Waals surface area contributed by atoms with E-state index in [0.29, 0.717) is 12.1 Å². The van der Waals surface area contributed by atoms with Crippen molar-refractivity contribution in [2.45, 2.75) is 89.6 Å². The second-order valence-corrected chi connectivity index (χ2v) is 11.0. The Morgan fingerprint density at radius 3 is 2.60 bits per heavy atom. The number of fused-ring (bicyclic) bond motifs is 1. The molecule has 1 aromatic carbocycles. The van der Waals surface area contributed by atoms with Crippen molar-refractivity contribution in [3.05, 3.63) is 48.4 Å². The van der Waals surface area contributed by atoms with E-state index < -0.39 is 0 Å². The zero-order valence-corrected chi connectivity index (χ0v) is 21.5. The van der Waals surface area contributed by atoms with E-state index in [1.807, 2.05) is 12.3 Å². The molecule has 3 aliphatic heterocycles. The predicted molar refractivity (Wildman–Crippen MR) is 145 cm³/mol. The molecule has 190 valence electrons. The lowest BCUT2D eigenvalue weighted by Crippen LogP contribution is -2.50. The molecule has 0 bridgehead atoms. The SMILES string of the molecule is CCCCCCC[C@H]1CCCN(c2ccnc(N3CC[C@H]4[C@@H]3CCCN4c3cccc(F)c3)c2)C1. The highest BCUT2D eigenvalue weighted by molar-refractivity contribution is 5.58. The standard InChI is InChI=1S/C30H43FN4/c1-2-3-4-5-6-10-24-11-8-18-33(23-24)26-15-17-32-30(22-26)35-20-16-29-28(35)14-9-19-34(29)27-13-7-12-25(31)21-27/h7,12-13,15,17,21-22,24,28-29H,2-6,8-11,14,16,18-20,23H2,1H3/t24-,28-,29-/m0/s1. The zero-order valence-electron chi connectivity index (χ0n) is 21.5. The summed E-state index contributed by atoms with van der Waals surface area (Å²) in [5, 5.41) is 0. The monoisotopic (exact) mass is 478 g/mol. The molecule has 4 nitrogen and oxygen atoms in total. The molecule has 5 heteroatoms. The number of benzene rings is 1. The molecule has 0 N–H and O–H groups in total. The van der Waals surface area contributed by atoms with Crippen LogP contribution in [-0.4, -0.2) is 43.2 Å². The van der Waals surface area contributed by atoms with E-state index >= 15 is 0 Å². The summed E-state index contributed by atoms with van der Waals surface area (Å²) < 4.78 is 13.9.